The molecule has 0 aliphatic rings. The molecule has 0 atom stereocenters. The number of nitrogens with one attached hydrogen (secondary N) is 1. The van der Waals surface area contributed by atoms with Gasteiger partial charge in [0.2, 0.25) is 0 Å². The van der Waals surface area contributed by atoms with Crippen molar-refractivity contribution in [3.63, 3.8) is 0 Å². The van der Waals surface area contributed by atoms with Crippen molar-refractivity contribution >= 4 is 10.9 Å². The number of aromatic nitrogens is 1. The van der Waals surface area contributed by atoms with E-state index < -0.39 is 0 Å². The minimum atomic E-state index is 0. The fourth-order valence-electron chi connectivity index (χ4n) is 1.47. The normalized spacial score (nSPS) is 10.5. The van der Waals surface area contributed by atoms with Crippen molar-refractivity contribution in [1.82, 2.24) is 4.98 Å². The molecular formula is C11H13NO. The zero-order chi connectivity index (χ0) is 9.26. The molecule has 2 nitrogen and oxygen atoms in total. The average molecular weight is 175 g/mol. The van der Waals surface area contributed by atoms with Crippen molar-refractivity contribution in [3.8, 4) is 0 Å². The predicted molar refractivity (Wildman–Crippen MR) is 56.1 cm³/mol. The fourth-order valence-corrected chi connectivity index (χ4v) is 1.47. The van der Waals surface area contributed by atoms with Gasteiger partial charge in [-0.3, -0.25) is 4.79 Å². The number of aryl methyl sites for hydroxylation is 1. The van der Waals surface area contributed by atoms with E-state index in [4.69, 9.17) is 0 Å². The van der Waals surface area contributed by atoms with Crippen LogP contribution in [0.4, 0.5) is 0 Å². The lowest BCUT2D eigenvalue weighted by Gasteiger charge is -1.99. The molecule has 0 saturated heterocycles. The number of H-pyrrole nitrogens is 1. The van der Waals surface area contributed by atoms with E-state index in [0.29, 0.717) is 0 Å². The quantitative estimate of drug-likeness (QED) is 0.709. The Bertz CT molecular complexity index is 490. The lowest BCUT2D eigenvalue weighted by atomic mass is 10.1. The SMILES string of the molecule is CCc1c[nH]c2ccccc2c1=O.[HH]. The molecule has 2 aromatic rings. The number of rotatable bonds is 1. The molecule has 0 fully saturated rings. The molecule has 1 N–H and O–H groups in total. The van der Waals surface area contributed by atoms with Gasteiger partial charge in [-0.05, 0) is 18.6 Å². The first-order valence-corrected chi connectivity index (χ1v) is 4.42. The molecule has 0 radical (unpaired) electrons. The van der Waals surface area contributed by atoms with E-state index in [2.05, 4.69) is 4.98 Å². The van der Waals surface area contributed by atoms with Crippen LogP contribution in [0, 0.1) is 0 Å². The van der Waals surface area contributed by atoms with Gasteiger partial charge in [-0.15, -0.1) is 0 Å². The van der Waals surface area contributed by atoms with E-state index in [1.807, 2.05) is 31.2 Å². The van der Waals surface area contributed by atoms with Crippen LogP contribution in [-0.2, 0) is 6.42 Å². The molecule has 2 heteroatoms. The lowest BCUT2D eigenvalue weighted by Crippen LogP contribution is -2.08. The molecule has 0 aliphatic carbocycles. The van der Waals surface area contributed by atoms with Crippen LogP contribution in [0.1, 0.15) is 13.9 Å². The third-order valence-corrected chi connectivity index (χ3v) is 2.25. The van der Waals surface area contributed by atoms with Gasteiger partial charge >= 0.3 is 0 Å². The first-order chi connectivity index (χ1) is 6.33. The van der Waals surface area contributed by atoms with E-state index in [-0.39, 0.29) is 6.86 Å². The van der Waals surface area contributed by atoms with Crippen molar-refractivity contribution in [2.45, 2.75) is 13.3 Å². The molecule has 0 saturated carbocycles. The zero-order valence-electron chi connectivity index (χ0n) is 7.50. The Morgan fingerprint density at radius 1 is 1.38 bits per heavy atom. The highest BCUT2D eigenvalue weighted by molar-refractivity contribution is 5.78. The highest BCUT2D eigenvalue weighted by atomic mass is 16.1. The summed E-state index contributed by atoms with van der Waals surface area (Å²) in [6, 6.07) is 7.57. The summed E-state index contributed by atoms with van der Waals surface area (Å²) in [5.74, 6) is 0. The Morgan fingerprint density at radius 2 is 2.15 bits per heavy atom. The molecule has 0 spiro atoms. The van der Waals surface area contributed by atoms with E-state index >= 15 is 0 Å². The van der Waals surface area contributed by atoms with Crippen LogP contribution in [0.15, 0.2) is 35.3 Å². The van der Waals surface area contributed by atoms with Crippen LogP contribution in [-0.4, -0.2) is 4.98 Å². The summed E-state index contributed by atoms with van der Waals surface area (Å²) in [6.45, 7) is 1.99. The van der Waals surface area contributed by atoms with Gasteiger partial charge in [0, 0.05) is 24.1 Å². The minimum absolute atomic E-state index is 0. The van der Waals surface area contributed by atoms with Gasteiger partial charge in [-0.25, -0.2) is 0 Å². The van der Waals surface area contributed by atoms with Crippen LogP contribution < -0.4 is 5.43 Å². The maximum atomic E-state index is 11.7. The molecule has 1 aromatic carbocycles. The van der Waals surface area contributed by atoms with Crippen LogP contribution in [0.25, 0.3) is 10.9 Å². The van der Waals surface area contributed by atoms with Crippen molar-refractivity contribution in [1.29, 1.82) is 0 Å². The van der Waals surface area contributed by atoms with Gasteiger partial charge in [-0.1, -0.05) is 19.1 Å². The van der Waals surface area contributed by atoms with Crippen molar-refractivity contribution in [2.75, 3.05) is 0 Å². The number of pyridine rings is 1. The van der Waals surface area contributed by atoms with Crippen molar-refractivity contribution < 1.29 is 1.43 Å². The van der Waals surface area contributed by atoms with Gasteiger partial charge < -0.3 is 4.98 Å². The highest BCUT2D eigenvalue weighted by Gasteiger charge is 2.01. The Kier molecular flexibility index (Phi) is 1.89. The molecule has 0 amide bonds. The monoisotopic (exact) mass is 175 g/mol. The number of benzene rings is 1. The number of aromatic amines is 1. The van der Waals surface area contributed by atoms with E-state index in [1.54, 1.807) is 6.20 Å². The Balaban J connectivity index is 0.000000980. The molecule has 68 valence electrons. The molecule has 13 heavy (non-hydrogen) atoms. The van der Waals surface area contributed by atoms with Gasteiger partial charge in [0.15, 0.2) is 5.43 Å². The second kappa shape index (κ2) is 3.05. The molecule has 0 aliphatic heterocycles. The topological polar surface area (TPSA) is 32.9 Å². The molecule has 1 aromatic heterocycles. The van der Waals surface area contributed by atoms with E-state index in [0.717, 1.165) is 22.9 Å². The number of hydrogen-bond acceptors (Lipinski definition) is 1. The van der Waals surface area contributed by atoms with E-state index in [9.17, 15) is 4.79 Å². The Morgan fingerprint density at radius 3 is 2.92 bits per heavy atom. The summed E-state index contributed by atoms with van der Waals surface area (Å²) in [5.41, 5.74) is 1.90. The minimum Gasteiger partial charge on any atom is -0.361 e. The first kappa shape index (κ1) is 8.05. The highest BCUT2D eigenvalue weighted by Crippen LogP contribution is 2.06. The van der Waals surface area contributed by atoms with Crippen LogP contribution >= 0.6 is 0 Å². The third-order valence-electron chi connectivity index (χ3n) is 2.25. The smallest absolute Gasteiger partial charge is 0.192 e. The Labute approximate surface area is 77.7 Å². The number of para-hydroxylation sites is 1. The van der Waals surface area contributed by atoms with Crippen molar-refractivity contribution in [3.05, 3.63) is 46.2 Å². The van der Waals surface area contributed by atoms with Crippen LogP contribution in [0.3, 0.4) is 0 Å². The number of fused-ring (bicyclic) bond motifs is 1. The summed E-state index contributed by atoms with van der Waals surface area (Å²) >= 11 is 0. The fraction of sp³-hybridized carbons (Fsp3) is 0.182. The standard InChI is InChI=1S/C11H11NO.H2/c1-2-8-7-12-10-6-4-3-5-9(10)11(8)13;/h3-7H,2H2,1H3,(H,12,13);1H. The molecule has 0 bridgehead atoms. The molecular weight excluding hydrogens is 162 g/mol. The zero-order valence-corrected chi connectivity index (χ0v) is 7.50. The second-order valence-electron chi connectivity index (χ2n) is 3.04. The van der Waals surface area contributed by atoms with Gasteiger partial charge in [0.05, 0.1) is 0 Å². The van der Waals surface area contributed by atoms with Gasteiger partial charge in [0.25, 0.3) is 0 Å². The average Bonchev–Trinajstić information content (AvgIpc) is 2.19. The predicted octanol–water partition coefficient (Wildman–Crippen LogP) is 2.34. The van der Waals surface area contributed by atoms with Crippen LogP contribution in [0.5, 0.6) is 0 Å². The second-order valence-corrected chi connectivity index (χ2v) is 3.04. The largest absolute Gasteiger partial charge is 0.361 e. The summed E-state index contributed by atoms with van der Waals surface area (Å²) in [4.78, 5) is 14.9. The maximum Gasteiger partial charge on any atom is 0.192 e. The molecule has 2 rings (SSSR count). The van der Waals surface area contributed by atoms with Gasteiger partial charge in [0.1, 0.15) is 0 Å². The van der Waals surface area contributed by atoms with Gasteiger partial charge in [-0.2, -0.15) is 0 Å². The molecule has 0 unspecified atom stereocenters. The lowest BCUT2D eigenvalue weighted by molar-refractivity contribution is 1.10. The number of hydrogen-bond donors (Lipinski definition) is 1. The van der Waals surface area contributed by atoms with Crippen molar-refractivity contribution in [2.24, 2.45) is 0 Å². The summed E-state index contributed by atoms with van der Waals surface area (Å²) in [6.07, 6.45) is 2.57. The molecule has 1 heterocycles. The summed E-state index contributed by atoms with van der Waals surface area (Å²) in [5, 5.41) is 0.779. The maximum absolute atomic E-state index is 11.7. The summed E-state index contributed by atoms with van der Waals surface area (Å²) < 4.78 is 0. The summed E-state index contributed by atoms with van der Waals surface area (Å²) in [7, 11) is 0. The van der Waals surface area contributed by atoms with Crippen LogP contribution in [0.2, 0.25) is 0 Å². The Hall–Kier alpha value is -1.57. The third kappa shape index (κ3) is 1.24. The first-order valence-electron chi connectivity index (χ1n) is 4.42. The van der Waals surface area contributed by atoms with E-state index in [1.165, 1.54) is 0 Å².